The molecule has 5 heterocycles. The van der Waals surface area contributed by atoms with Gasteiger partial charge in [-0.3, -0.25) is 9.59 Å². The van der Waals surface area contributed by atoms with Crippen molar-refractivity contribution in [1.82, 2.24) is 10.6 Å². The fraction of sp³-hybridized carbons (Fsp3) is 0.941. The van der Waals surface area contributed by atoms with Gasteiger partial charge in [-0.25, -0.2) is 0 Å². The smallest absolute Gasteiger partial charge is 0.217 e. The van der Waals surface area contributed by atoms with E-state index in [1.54, 1.807) is 0 Å². The van der Waals surface area contributed by atoms with Crippen LogP contribution in [0.2, 0.25) is 0 Å². The van der Waals surface area contributed by atoms with Crippen LogP contribution in [0.3, 0.4) is 0 Å². The minimum atomic E-state index is -2.20. The van der Waals surface area contributed by atoms with Crippen LogP contribution in [-0.2, 0) is 52.2 Å². The molecule has 0 aromatic rings. The quantitative estimate of drug-likeness (QED) is 0.0725. The number of amides is 2. The van der Waals surface area contributed by atoms with Gasteiger partial charge in [0.05, 0.1) is 33.0 Å². The van der Waals surface area contributed by atoms with Gasteiger partial charge in [0.25, 0.3) is 0 Å². The maximum Gasteiger partial charge on any atom is 0.217 e. The van der Waals surface area contributed by atoms with Crippen molar-refractivity contribution in [1.29, 1.82) is 0 Å². The average Bonchev–Trinajstić information content (AvgIpc) is 3.23. The van der Waals surface area contributed by atoms with E-state index in [9.17, 15) is 86.2 Å². The molecular formula is C34H58N2O26. The van der Waals surface area contributed by atoms with E-state index in [4.69, 9.17) is 42.6 Å². The molecule has 0 spiro atoms. The van der Waals surface area contributed by atoms with E-state index in [-0.39, 0.29) is 0 Å². The molecule has 17 N–H and O–H groups in total. The summed E-state index contributed by atoms with van der Waals surface area (Å²) in [4.78, 5) is 24.6. The third-order valence-electron chi connectivity index (χ3n) is 11.1. The van der Waals surface area contributed by atoms with Gasteiger partial charge in [0, 0.05) is 13.8 Å². The molecule has 5 saturated heterocycles. The largest absolute Gasteiger partial charge is 0.394 e. The van der Waals surface area contributed by atoms with Crippen molar-refractivity contribution in [3.63, 3.8) is 0 Å². The summed E-state index contributed by atoms with van der Waals surface area (Å²) >= 11 is 0. The zero-order valence-corrected chi connectivity index (χ0v) is 33.2. The van der Waals surface area contributed by atoms with Gasteiger partial charge in [-0.05, 0) is 0 Å². The second kappa shape index (κ2) is 22.0. The third kappa shape index (κ3) is 11.0. The number of hydrogen-bond donors (Lipinski definition) is 17. The van der Waals surface area contributed by atoms with Gasteiger partial charge in [-0.15, -0.1) is 0 Å². The van der Waals surface area contributed by atoms with Crippen LogP contribution in [0.5, 0.6) is 0 Å². The summed E-state index contributed by atoms with van der Waals surface area (Å²) in [6, 6.07) is -3.21. The number of carbonyl (C=O) groups is 2. The monoisotopic (exact) mass is 910 g/mol. The van der Waals surface area contributed by atoms with E-state index < -0.39 is 198 Å². The van der Waals surface area contributed by atoms with E-state index >= 15 is 0 Å². The zero-order chi connectivity index (χ0) is 45.9. The van der Waals surface area contributed by atoms with Crippen LogP contribution in [0.1, 0.15) is 13.8 Å². The summed E-state index contributed by atoms with van der Waals surface area (Å²) in [6.07, 6.45) is -42.7. The lowest BCUT2D eigenvalue weighted by atomic mass is 9.94. The number of hydrogen-bond acceptors (Lipinski definition) is 26. The van der Waals surface area contributed by atoms with Gasteiger partial charge in [0.2, 0.25) is 11.8 Å². The Morgan fingerprint density at radius 3 is 1.45 bits per heavy atom. The Morgan fingerprint density at radius 1 is 0.419 bits per heavy atom. The minimum absolute atomic E-state index is 0.708. The highest BCUT2D eigenvalue weighted by molar-refractivity contribution is 5.73. The SMILES string of the molecule is CC(=O)N[C@H]1[C@H](OC[C@H]2O[C@@H](O[C@H]3[C@H](O)[C@@H](O)C(O)O[C@@H]3CO)[C@H](O)[C@@H](O[C@@H]3O[C@H](CO)[C@@H](O)[C@H](O[C@@H]4O[C@H](CO)[C@H](O)[C@H](O)[C@H]4O)[C@H]3NC(C)=O)[C@H]2O)O[C@H](CO)[C@@H](O)[C@@H]1O. The molecule has 0 aromatic heterocycles. The number of aliphatic hydroxyl groups is 15. The van der Waals surface area contributed by atoms with Gasteiger partial charge < -0.3 is 130 Å². The van der Waals surface area contributed by atoms with Crippen molar-refractivity contribution in [2.24, 2.45) is 0 Å². The maximum absolute atomic E-state index is 12.6. The Bertz CT molecular complexity index is 1440. The molecule has 5 fully saturated rings. The summed E-state index contributed by atoms with van der Waals surface area (Å²) in [5.74, 6) is -1.54. The van der Waals surface area contributed by atoms with Crippen molar-refractivity contribution in [3.8, 4) is 0 Å². The molecular weight excluding hydrogens is 852 g/mol. The first-order valence-electron chi connectivity index (χ1n) is 19.6. The lowest BCUT2D eigenvalue weighted by Crippen LogP contribution is -2.70. The predicted molar refractivity (Wildman–Crippen MR) is 190 cm³/mol. The maximum atomic E-state index is 12.6. The standard InChI is InChI=1S/C34H58N2O26/c1-8(41)35-15-21(47)17(43)10(3-37)56-31(15)54-7-14-20(46)29(26(52)34(59-14)60-27-13(6-40)55-30(53)24(50)23(27)49)62-32-16(36-9(2)42)28(19(45)12(5-39)57-32)61-33-25(51)22(48)18(44)11(4-38)58-33/h10-34,37-40,43-53H,3-7H2,1-2H3,(H,35,41)(H,36,42)/t10-,11-,12-,13-,14-,15-,16-,17-,18+,19-,20+,21-,22+,23-,24-,25-,26-,27-,28-,29+,30?,31-,32+,33+,34+/m1/s1. The Labute approximate surface area is 351 Å². The molecule has 0 bridgehead atoms. The topological polar surface area (TPSA) is 445 Å². The summed E-state index contributed by atoms with van der Waals surface area (Å²) in [5.41, 5.74) is 0. The molecule has 5 aliphatic rings. The second-order valence-corrected chi connectivity index (χ2v) is 15.5. The molecule has 0 aromatic carbocycles. The molecule has 25 atom stereocenters. The molecule has 0 aliphatic carbocycles. The number of nitrogens with one attached hydrogen (secondary N) is 2. The Kier molecular flexibility index (Phi) is 18.1. The van der Waals surface area contributed by atoms with E-state index in [0.717, 1.165) is 13.8 Å². The molecule has 28 heteroatoms. The van der Waals surface area contributed by atoms with Crippen LogP contribution < -0.4 is 10.6 Å². The fourth-order valence-electron chi connectivity index (χ4n) is 7.73. The highest BCUT2D eigenvalue weighted by atomic mass is 16.8. The van der Waals surface area contributed by atoms with E-state index in [2.05, 4.69) is 10.6 Å². The van der Waals surface area contributed by atoms with E-state index in [1.807, 2.05) is 0 Å². The van der Waals surface area contributed by atoms with Crippen LogP contribution in [0.15, 0.2) is 0 Å². The van der Waals surface area contributed by atoms with Crippen molar-refractivity contribution < 1.29 is 129 Å². The molecule has 0 radical (unpaired) electrons. The summed E-state index contributed by atoms with van der Waals surface area (Å²) in [7, 11) is 0. The van der Waals surface area contributed by atoms with E-state index in [1.165, 1.54) is 0 Å². The third-order valence-corrected chi connectivity index (χ3v) is 11.1. The highest BCUT2D eigenvalue weighted by Crippen LogP contribution is 2.35. The van der Waals surface area contributed by atoms with Gasteiger partial charge >= 0.3 is 0 Å². The second-order valence-electron chi connectivity index (χ2n) is 15.5. The molecule has 5 aliphatic heterocycles. The highest BCUT2D eigenvalue weighted by Gasteiger charge is 2.56. The zero-order valence-electron chi connectivity index (χ0n) is 33.2. The van der Waals surface area contributed by atoms with Crippen molar-refractivity contribution in [2.45, 2.75) is 167 Å². The number of carbonyl (C=O) groups excluding carboxylic acids is 2. The van der Waals surface area contributed by atoms with Gasteiger partial charge in [0.15, 0.2) is 31.5 Å². The fourth-order valence-corrected chi connectivity index (χ4v) is 7.73. The van der Waals surface area contributed by atoms with Crippen LogP contribution in [0.4, 0.5) is 0 Å². The average molecular weight is 911 g/mol. The van der Waals surface area contributed by atoms with Crippen molar-refractivity contribution in [2.75, 3.05) is 33.0 Å². The summed E-state index contributed by atoms with van der Waals surface area (Å²) < 4.78 is 51.1. The van der Waals surface area contributed by atoms with Crippen LogP contribution in [0.25, 0.3) is 0 Å². The lowest BCUT2D eigenvalue weighted by Gasteiger charge is -2.50. The van der Waals surface area contributed by atoms with Crippen LogP contribution in [-0.4, -0.2) is 275 Å². The Balaban J connectivity index is 1.47. The molecule has 1 unspecified atom stereocenters. The molecule has 0 saturated carbocycles. The number of rotatable bonds is 15. The molecule has 360 valence electrons. The summed E-state index contributed by atoms with van der Waals surface area (Å²) in [5, 5.41) is 163. The molecule has 5 rings (SSSR count). The minimum Gasteiger partial charge on any atom is -0.394 e. The van der Waals surface area contributed by atoms with Crippen molar-refractivity contribution in [3.05, 3.63) is 0 Å². The molecule has 62 heavy (non-hydrogen) atoms. The Hall–Kier alpha value is -2.02. The van der Waals surface area contributed by atoms with Crippen molar-refractivity contribution >= 4 is 11.8 Å². The first-order valence-corrected chi connectivity index (χ1v) is 19.6. The van der Waals surface area contributed by atoms with E-state index in [0.29, 0.717) is 0 Å². The molecule has 2 amide bonds. The van der Waals surface area contributed by atoms with Crippen LogP contribution in [0, 0.1) is 0 Å². The first-order chi connectivity index (χ1) is 29.3. The normalized spacial score (nSPS) is 49.0. The number of ether oxygens (including phenoxy) is 9. The molecule has 28 nitrogen and oxygen atoms in total. The van der Waals surface area contributed by atoms with Gasteiger partial charge in [-0.2, -0.15) is 0 Å². The first kappa shape index (κ1) is 51.0. The Morgan fingerprint density at radius 2 is 0.871 bits per heavy atom. The van der Waals surface area contributed by atoms with Gasteiger partial charge in [-0.1, -0.05) is 0 Å². The lowest BCUT2D eigenvalue weighted by molar-refractivity contribution is -0.382. The number of aliphatic hydroxyl groups excluding tert-OH is 15. The van der Waals surface area contributed by atoms with Crippen LogP contribution >= 0.6 is 0 Å². The summed E-state index contributed by atoms with van der Waals surface area (Å²) in [6.45, 7) is -2.34. The van der Waals surface area contributed by atoms with Gasteiger partial charge in [0.1, 0.15) is 122 Å². The predicted octanol–water partition coefficient (Wildman–Crippen LogP) is -11.6.